The zero-order valence-electron chi connectivity index (χ0n) is 13.7. The number of halogens is 1. The van der Waals surface area contributed by atoms with E-state index in [1.54, 1.807) is 7.11 Å². The highest BCUT2D eigenvalue weighted by Crippen LogP contribution is 2.25. The Kier molecular flexibility index (Phi) is 6.88. The van der Waals surface area contributed by atoms with Gasteiger partial charge in [-0.3, -0.25) is 4.90 Å². The highest BCUT2D eigenvalue weighted by molar-refractivity contribution is 9.10. The van der Waals surface area contributed by atoms with E-state index in [4.69, 9.17) is 4.74 Å². The molecule has 0 aliphatic carbocycles. The fourth-order valence-corrected chi connectivity index (χ4v) is 4.60. The zero-order chi connectivity index (χ0) is 16.9. The summed E-state index contributed by atoms with van der Waals surface area (Å²) in [5.74, 6) is 1.06. The van der Waals surface area contributed by atoms with Crippen molar-refractivity contribution < 1.29 is 13.2 Å². The third-order valence-corrected chi connectivity index (χ3v) is 6.47. The highest BCUT2D eigenvalue weighted by atomic mass is 79.9. The molecule has 2 rings (SSSR count). The molecule has 7 heteroatoms. The topological polar surface area (TPSA) is 58.6 Å². The predicted octanol–water partition coefficient (Wildman–Crippen LogP) is 2.75. The van der Waals surface area contributed by atoms with Crippen LogP contribution in [0, 0.1) is 0 Å². The van der Waals surface area contributed by atoms with Crippen LogP contribution in [0.3, 0.4) is 0 Å². The van der Waals surface area contributed by atoms with Crippen LogP contribution in [0.2, 0.25) is 0 Å². The van der Waals surface area contributed by atoms with Crippen LogP contribution < -0.4 is 9.46 Å². The lowest BCUT2D eigenvalue weighted by Crippen LogP contribution is -2.44. The summed E-state index contributed by atoms with van der Waals surface area (Å²) in [5.41, 5.74) is 1.19. The minimum atomic E-state index is -3.12. The van der Waals surface area contributed by atoms with Crippen LogP contribution in [-0.2, 0) is 16.6 Å². The molecule has 1 aliphatic heterocycles. The second-order valence-corrected chi connectivity index (χ2v) is 8.67. The lowest BCUT2D eigenvalue weighted by molar-refractivity contribution is 0.199. The standard InChI is InChI=1S/C16H25BrN2O3S/c1-3-10-23(20,21)18-14-6-8-19(9-7-14)12-13-11-15(22-2)4-5-16(13)17/h4-5,11,14,18H,3,6-10,12H2,1-2H3. The van der Waals surface area contributed by atoms with Crippen molar-refractivity contribution in [2.24, 2.45) is 0 Å². The Bertz CT molecular complexity index is 614. The first kappa shape index (κ1) is 18.7. The minimum absolute atomic E-state index is 0.0663. The Morgan fingerprint density at radius 3 is 2.65 bits per heavy atom. The SMILES string of the molecule is CCCS(=O)(=O)NC1CCN(Cc2cc(OC)ccc2Br)CC1. The summed E-state index contributed by atoms with van der Waals surface area (Å²) in [7, 11) is -1.45. The van der Waals surface area contributed by atoms with E-state index in [2.05, 4.69) is 25.6 Å². The van der Waals surface area contributed by atoms with Crippen molar-refractivity contribution >= 4 is 26.0 Å². The molecule has 1 N–H and O–H groups in total. The second-order valence-electron chi connectivity index (χ2n) is 5.94. The van der Waals surface area contributed by atoms with Crippen molar-refractivity contribution in [1.29, 1.82) is 0 Å². The number of benzene rings is 1. The average molecular weight is 405 g/mol. The maximum atomic E-state index is 11.8. The summed E-state index contributed by atoms with van der Waals surface area (Å²) in [6, 6.07) is 6.04. The first-order valence-corrected chi connectivity index (χ1v) is 10.4. The zero-order valence-corrected chi connectivity index (χ0v) is 16.1. The van der Waals surface area contributed by atoms with Crippen LogP contribution >= 0.6 is 15.9 Å². The molecule has 1 aromatic rings. The van der Waals surface area contributed by atoms with Crippen molar-refractivity contribution in [3.63, 3.8) is 0 Å². The Balaban J connectivity index is 1.88. The Morgan fingerprint density at radius 2 is 2.04 bits per heavy atom. The molecule has 0 saturated carbocycles. The van der Waals surface area contributed by atoms with Gasteiger partial charge in [-0.15, -0.1) is 0 Å². The number of rotatable bonds is 7. The lowest BCUT2D eigenvalue weighted by Gasteiger charge is -2.32. The molecule has 0 aromatic heterocycles. The van der Waals surface area contributed by atoms with Crippen molar-refractivity contribution in [3.05, 3.63) is 28.2 Å². The van der Waals surface area contributed by atoms with Gasteiger partial charge < -0.3 is 4.74 Å². The minimum Gasteiger partial charge on any atom is -0.497 e. The molecular weight excluding hydrogens is 380 g/mol. The monoisotopic (exact) mass is 404 g/mol. The van der Waals surface area contributed by atoms with Gasteiger partial charge in [-0.2, -0.15) is 0 Å². The van der Waals surface area contributed by atoms with Gasteiger partial charge in [-0.1, -0.05) is 22.9 Å². The molecule has 1 fully saturated rings. The molecule has 130 valence electrons. The summed E-state index contributed by atoms with van der Waals surface area (Å²) < 4.78 is 32.9. The molecule has 0 bridgehead atoms. The highest BCUT2D eigenvalue weighted by Gasteiger charge is 2.23. The van der Waals surface area contributed by atoms with E-state index in [1.165, 1.54) is 5.56 Å². The normalized spacial score (nSPS) is 17.3. The van der Waals surface area contributed by atoms with Gasteiger partial charge in [-0.25, -0.2) is 13.1 Å². The van der Waals surface area contributed by atoms with Gasteiger partial charge in [0.05, 0.1) is 12.9 Å². The van der Waals surface area contributed by atoms with Crippen LogP contribution in [0.25, 0.3) is 0 Å². The second kappa shape index (κ2) is 8.46. The largest absolute Gasteiger partial charge is 0.497 e. The smallest absolute Gasteiger partial charge is 0.211 e. The van der Waals surface area contributed by atoms with E-state index >= 15 is 0 Å². The first-order chi connectivity index (χ1) is 10.9. The number of ether oxygens (including phenoxy) is 1. The van der Waals surface area contributed by atoms with Crippen molar-refractivity contribution in [2.45, 2.75) is 38.8 Å². The molecule has 0 atom stereocenters. The molecule has 5 nitrogen and oxygen atoms in total. The van der Waals surface area contributed by atoms with Crippen LogP contribution in [-0.4, -0.2) is 45.3 Å². The number of hydrogen-bond acceptors (Lipinski definition) is 4. The molecule has 0 amide bonds. The fourth-order valence-electron chi connectivity index (χ4n) is 2.83. The number of hydrogen-bond donors (Lipinski definition) is 1. The van der Waals surface area contributed by atoms with Gasteiger partial charge in [0.15, 0.2) is 0 Å². The molecular formula is C16H25BrN2O3S. The summed E-state index contributed by atoms with van der Waals surface area (Å²) in [6.45, 7) is 4.51. The fraction of sp³-hybridized carbons (Fsp3) is 0.625. The Labute approximate surface area is 147 Å². The maximum absolute atomic E-state index is 11.8. The van der Waals surface area contributed by atoms with Gasteiger partial charge in [-0.05, 0) is 43.0 Å². The van der Waals surface area contributed by atoms with E-state index in [0.717, 1.165) is 42.7 Å². The molecule has 0 radical (unpaired) electrons. The van der Waals surface area contributed by atoms with Gasteiger partial charge in [0.2, 0.25) is 10.0 Å². The molecule has 0 unspecified atom stereocenters. The van der Waals surface area contributed by atoms with Gasteiger partial charge in [0.1, 0.15) is 5.75 Å². The maximum Gasteiger partial charge on any atom is 0.211 e. The number of sulfonamides is 1. The van der Waals surface area contributed by atoms with Crippen molar-refractivity contribution in [1.82, 2.24) is 9.62 Å². The van der Waals surface area contributed by atoms with Crippen molar-refractivity contribution in [3.8, 4) is 5.75 Å². The predicted molar refractivity (Wildman–Crippen MR) is 96.2 cm³/mol. The molecule has 23 heavy (non-hydrogen) atoms. The third-order valence-electron chi connectivity index (χ3n) is 4.05. The van der Waals surface area contributed by atoms with Crippen LogP contribution in [0.5, 0.6) is 5.75 Å². The number of methoxy groups -OCH3 is 1. The van der Waals surface area contributed by atoms with Crippen molar-refractivity contribution in [2.75, 3.05) is 26.0 Å². The lowest BCUT2D eigenvalue weighted by atomic mass is 10.1. The summed E-state index contributed by atoms with van der Waals surface area (Å²) >= 11 is 3.58. The Morgan fingerprint density at radius 1 is 1.35 bits per heavy atom. The third kappa shape index (κ3) is 5.74. The van der Waals surface area contributed by atoms with Crippen LogP contribution in [0.1, 0.15) is 31.7 Å². The van der Waals surface area contributed by atoms with Gasteiger partial charge in [0, 0.05) is 30.1 Å². The molecule has 1 saturated heterocycles. The molecule has 0 spiro atoms. The van der Waals surface area contributed by atoms with Gasteiger partial charge >= 0.3 is 0 Å². The number of nitrogens with zero attached hydrogens (tertiary/aromatic N) is 1. The van der Waals surface area contributed by atoms with E-state index in [1.807, 2.05) is 25.1 Å². The quantitative estimate of drug-likeness (QED) is 0.758. The van der Waals surface area contributed by atoms with E-state index < -0.39 is 10.0 Å². The number of piperidine rings is 1. The summed E-state index contributed by atoms with van der Waals surface area (Å²) in [5, 5.41) is 0. The summed E-state index contributed by atoms with van der Waals surface area (Å²) in [6.07, 6.45) is 2.35. The van der Waals surface area contributed by atoms with E-state index in [9.17, 15) is 8.42 Å². The van der Waals surface area contributed by atoms with Crippen LogP contribution in [0.15, 0.2) is 22.7 Å². The van der Waals surface area contributed by atoms with Crippen LogP contribution in [0.4, 0.5) is 0 Å². The molecule has 1 aromatic carbocycles. The Hall–Kier alpha value is -0.630. The van der Waals surface area contributed by atoms with E-state index in [-0.39, 0.29) is 11.8 Å². The average Bonchev–Trinajstić information content (AvgIpc) is 2.51. The number of likely N-dealkylation sites (tertiary alicyclic amines) is 1. The molecule has 1 heterocycles. The first-order valence-electron chi connectivity index (χ1n) is 7.98. The van der Waals surface area contributed by atoms with E-state index in [0.29, 0.717) is 6.42 Å². The number of nitrogens with one attached hydrogen (secondary N) is 1. The summed E-state index contributed by atoms with van der Waals surface area (Å²) in [4.78, 5) is 2.35. The van der Waals surface area contributed by atoms with Gasteiger partial charge in [0.25, 0.3) is 0 Å². The molecule has 1 aliphatic rings.